The Kier molecular flexibility index (Phi) is 5.46. The number of benzene rings is 1. The molecule has 1 fully saturated rings. The number of carbonyl (C=O) groups is 2. The van der Waals surface area contributed by atoms with Crippen LogP contribution in [0, 0.1) is 6.92 Å². The average Bonchev–Trinajstić information content (AvgIpc) is 3.24. The van der Waals surface area contributed by atoms with Crippen molar-refractivity contribution in [1.82, 2.24) is 10.6 Å². The molecular weight excluding hydrogens is 368 g/mol. The van der Waals surface area contributed by atoms with Gasteiger partial charge in [0.2, 0.25) is 0 Å². The van der Waals surface area contributed by atoms with Gasteiger partial charge in [0.1, 0.15) is 5.70 Å². The fourth-order valence-corrected chi connectivity index (χ4v) is 4.43. The molecule has 2 heterocycles. The van der Waals surface area contributed by atoms with Gasteiger partial charge in [-0.1, -0.05) is 17.7 Å². The molecule has 2 amide bonds. The summed E-state index contributed by atoms with van der Waals surface area (Å²) in [5.74, 6) is -1.02. The Morgan fingerprint density at radius 2 is 1.93 bits per heavy atom. The van der Waals surface area contributed by atoms with Crippen molar-refractivity contribution in [3.63, 3.8) is 0 Å². The molecule has 1 saturated heterocycles. The molecule has 2 N–H and O–H groups in total. The van der Waals surface area contributed by atoms with E-state index in [9.17, 15) is 18.0 Å². The second-order valence-corrected chi connectivity index (χ2v) is 8.74. The lowest BCUT2D eigenvalue weighted by Crippen LogP contribution is -2.41. The first-order chi connectivity index (χ1) is 12.8. The number of hydrogen-bond acceptors (Lipinski definition) is 5. The van der Waals surface area contributed by atoms with E-state index in [-0.39, 0.29) is 17.2 Å². The van der Waals surface area contributed by atoms with E-state index in [1.165, 1.54) is 18.6 Å². The van der Waals surface area contributed by atoms with Crippen LogP contribution in [0.2, 0.25) is 0 Å². The average molecular weight is 388 g/mol. The van der Waals surface area contributed by atoms with Gasteiger partial charge in [-0.2, -0.15) is 0 Å². The minimum atomic E-state index is -3.12. The Bertz CT molecular complexity index is 960. The third kappa shape index (κ3) is 5.07. The molecule has 1 aromatic heterocycles. The molecule has 7 nitrogen and oxygen atoms in total. The summed E-state index contributed by atoms with van der Waals surface area (Å²) >= 11 is 0. The Morgan fingerprint density at radius 3 is 2.52 bits per heavy atom. The summed E-state index contributed by atoms with van der Waals surface area (Å²) in [6, 6.07) is 8.12. The normalized spacial score (nSPS) is 18.9. The summed E-state index contributed by atoms with van der Waals surface area (Å²) < 4.78 is 28.2. The van der Waals surface area contributed by atoms with Gasteiger partial charge in [-0.15, -0.1) is 0 Å². The first-order valence-corrected chi connectivity index (χ1v) is 10.3. The Hall–Kier alpha value is -2.87. The van der Waals surface area contributed by atoms with E-state index < -0.39 is 27.7 Å². The van der Waals surface area contributed by atoms with Crippen LogP contribution >= 0.6 is 0 Å². The second-order valence-electron chi connectivity index (χ2n) is 6.51. The van der Waals surface area contributed by atoms with Crippen molar-refractivity contribution in [2.45, 2.75) is 19.4 Å². The molecule has 0 bridgehead atoms. The van der Waals surface area contributed by atoms with Crippen LogP contribution in [-0.4, -0.2) is 37.8 Å². The second kappa shape index (κ2) is 7.79. The Labute approximate surface area is 157 Å². The zero-order valence-electron chi connectivity index (χ0n) is 14.8. The third-order valence-corrected chi connectivity index (χ3v) is 6.00. The van der Waals surface area contributed by atoms with E-state index in [2.05, 4.69) is 10.6 Å². The van der Waals surface area contributed by atoms with Gasteiger partial charge in [-0.3, -0.25) is 9.59 Å². The van der Waals surface area contributed by atoms with Crippen molar-refractivity contribution >= 4 is 27.7 Å². The molecule has 1 aliphatic rings. The third-order valence-electron chi connectivity index (χ3n) is 4.23. The van der Waals surface area contributed by atoms with Crippen LogP contribution in [-0.2, 0) is 14.6 Å². The first-order valence-electron chi connectivity index (χ1n) is 8.45. The van der Waals surface area contributed by atoms with Crippen LogP contribution < -0.4 is 10.6 Å². The predicted molar refractivity (Wildman–Crippen MR) is 101 cm³/mol. The summed E-state index contributed by atoms with van der Waals surface area (Å²) in [5.41, 5.74) is 2.05. The number of carbonyl (C=O) groups excluding carboxylic acids is 2. The van der Waals surface area contributed by atoms with Gasteiger partial charge < -0.3 is 15.1 Å². The Balaban J connectivity index is 1.77. The van der Waals surface area contributed by atoms with Gasteiger partial charge in [0.25, 0.3) is 11.8 Å². The van der Waals surface area contributed by atoms with Crippen LogP contribution in [0.3, 0.4) is 0 Å². The van der Waals surface area contributed by atoms with Gasteiger partial charge in [0.15, 0.2) is 9.84 Å². The van der Waals surface area contributed by atoms with E-state index >= 15 is 0 Å². The molecule has 2 aromatic rings. The summed E-state index contributed by atoms with van der Waals surface area (Å²) in [4.78, 5) is 25.1. The lowest BCUT2D eigenvalue weighted by Gasteiger charge is -2.14. The summed E-state index contributed by atoms with van der Waals surface area (Å²) in [5, 5.41) is 5.29. The van der Waals surface area contributed by atoms with Crippen molar-refractivity contribution < 1.29 is 22.4 Å². The van der Waals surface area contributed by atoms with Gasteiger partial charge in [-0.05, 0) is 37.6 Å². The highest BCUT2D eigenvalue weighted by Gasteiger charge is 2.30. The molecule has 3 rings (SSSR count). The zero-order chi connectivity index (χ0) is 19.4. The molecule has 1 atom stereocenters. The Morgan fingerprint density at radius 1 is 1.19 bits per heavy atom. The van der Waals surface area contributed by atoms with Crippen molar-refractivity contribution in [1.29, 1.82) is 0 Å². The molecular formula is C19H20N2O5S. The number of hydrogen-bond donors (Lipinski definition) is 2. The van der Waals surface area contributed by atoms with Crippen LogP contribution in [0.1, 0.15) is 27.9 Å². The van der Waals surface area contributed by atoms with Gasteiger partial charge in [0, 0.05) is 17.2 Å². The molecule has 0 saturated carbocycles. The number of aryl methyl sites for hydroxylation is 1. The van der Waals surface area contributed by atoms with Crippen LogP contribution in [0.4, 0.5) is 0 Å². The number of furan rings is 1. The maximum atomic E-state index is 12.6. The van der Waals surface area contributed by atoms with Crippen molar-refractivity contribution in [3.05, 3.63) is 65.2 Å². The van der Waals surface area contributed by atoms with Crippen molar-refractivity contribution in [3.8, 4) is 0 Å². The maximum absolute atomic E-state index is 12.6. The highest BCUT2D eigenvalue weighted by Crippen LogP contribution is 2.13. The SMILES string of the molecule is Cc1ccc(C(=O)N/C(=C/c2ccoc2)C(=O)N[C@H]2CCS(=O)(=O)C2)cc1. The van der Waals surface area contributed by atoms with Crippen LogP contribution in [0.5, 0.6) is 0 Å². The molecule has 0 unspecified atom stereocenters. The summed E-state index contributed by atoms with van der Waals surface area (Å²) in [6.07, 6.45) is 4.73. The molecule has 1 aromatic carbocycles. The molecule has 27 heavy (non-hydrogen) atoms. The fraction of sp³-hybridized carbons (Fsp3) is 0.263. The van der Waals surface area contributed by atoms with E-state index in [0.717, 1.165) is 5.56 Å². The maximum Gasteiger partial charge on any atom is 0.268 e. The van der Waals surface area contributed by atoms with E-state index in [4.69, 9.17) is 4.42 Å². The van der Waals surface area contributed by atoms with Gasteiger partial charge in [-0.25, -0.2) is 8.42 Å². The molecule has 0 aliphatic carbocycles. The highest BCUT2D eigenvalue weighted by molar-refractivity contribution is 7.91. The zero-order valence-corrected chi connectivity index (χ0v) is 15.6. The van der Waals surface area contributed by atoms with Gasteiger partial charge >= 0.3 is 0 Å². The minimum absolute atomic E-state index is 0.0197. The fourth-order valence-electron chi connectivity index (χ4n) is 2.75. The van der Waals surface area contributed by atoms with E-state index in [1.54, 1.807) is 30.3 Å². The van der Waals surface area contributed by atoms with Gasteiger partial charge in [0.05, 0.1) is 24.0 Å². The lowest BCUT2D eigenvalue weighted by atomic mass is 10.1. The minimum Gasteiger partial charge on any atom is -0.472 e. The molecule has 0 spiro atoms. The topological polar surface area (TPSA) is 105 Å². The molecule has 0 radical (unpaired) electrons. The van der Waals surface area contributed by atoms with E-state index in [1.807, 2.05) is 6.92 Å². The first kappa shape index (κ1) is 18.9. The largest absolute Gasteiger partial charge is 0.472 e. The molecule has 1 aliphatic heterocycles. The number of amides is 2. The summed E-state index contributed by atoms with van der Waals surface area (Å²) in [7, 11) is -3.12. The molecule has 142 valence electrons. The van der Waals surface area contributed by atoms with Crippen molar-refractivity contribution in [2.24, 2.45) is 0 Å². The van der Waals surface area contributed by atoms with Crippen LogP contribution in [0.25, 0.3) is 6.08 Å². The predicted octanol–water partition coefficient (Wildman–Crippen LogP) is 1.66. The number of rotatable bonds is 5. The standard InChI is InChI=1S/C19H20N2O5S/c1-13-2-4-15(5-3-13)18(22)21-17(10-14-6-8-26-11-14)19(23)20-16-7-9-27(24,25)12-16/h2-6,8,10-11,16H,7,9,12H2,1H3,(H,20,23)(H,21,22)/b17-10+/t16-/m0/s1. The summed E-state index contributed by atoms with van der Waals surface area (Å²) in [6.45, 7) is 1.91. The van der Waals surface area contributed by atoms with E-state index in [0.29, 0.717) is 17.5 Å². The quantitative estimate of drug-likeness (QED) is 0.758. The van der Waals surface area contributed by atoms with Crippen LogP contribution in [0.15, 0.2) is 53.0 Å². The smallest absolute Gasteiger partial charge is 0.268 e. The number of sulfone groups is 1. The lowest BCUT2D eigenvalue weighted by molar-refractivity contribution is -0.118. The number of nitrogens with one attached hydrogen (secondary N) is 2. The molecule has 8 heteroatoms. The monoisotopic (exact) mass is 388 g/mol. The van der Waals surface area contributed by atoms with Crippen molar-refractivity contribution in [2.75, 3.05) is 11.5 Å². The highest BCUT2D eigenvalue weighted by atomic mass is 32.2.